The zero-order valence-corrected chi connectivity index (χ0v) is 7.66. The minimum Gasteiger partial charge on any atom is -0.393 e. The Morgan fingerprint density at radius 1 is 1.58 bits per heavy atom. The molecule has 0 aromatic rings. The van der Waals surface area contributed by atoms with Gasteiger partial charge in [-0.3, -0.25) is 0 Å². The van der Waals surface area contributed by atoms with Gasteiger partial charge in [-0.05, 0) is 19.3 Å². The lowest BCUT2D eigenvalue weighted by Gasteiger charge is -2.26. The van der Waals surface area contributed by atoms with Crippen LogP contribution < -0.4 is 0 Å². The van der Waals surface area contributed by atoms with E-state index in [4.69, 9.17) is 9.47 Å². The average Bonchev–Trinajstić information content (AvgIpc) is 2.00. The molecule has 3 nitrogen and oxygen atoms in total. The molecule has 1 unspecified atom stereocenters. The summed E-state index contributed by atoms with van der Waals surface area (Å²) in [5.74, 6) is 0. The largest absolute Gasteiger partial charge is 0.393 e. The van der Waals surface area contributed by atoms with Gasteiger partial charge in [0.25, 0.3) is 0 Å². The third-order valence-corrected chi connectivity index (χ3v) is 2.11. The summed E-state index contributed by atoms with van der Waals surface area (Å²) in [6.45, 7) is 4.24. The molecule has 0 aromatic heterocycles. The second kappa shape index (κ2) is 5.51. The van der Waals surface area contributed by atoms with Gasteiger partial charge >= 0.3 is 0 Å². The fourth-order valence-electron chi connectivity index (χ4n) is 1.08. The van der Waals surface area contributed by atoms with E-state index in [9.17, 15) is 5.11 Å². The molecule has 1 aliphatic rings. The number of aliphatic hydroxyl groups excluding tert-OH is 1. The lowest BCUT2D eigenvalue weighted by Crippen LogP contribution is -2.36. The summed E-state index contributed by atoms with van der Waals surface area (Å²) in [5.41, 5.74) is 0. The molecule has 0 saturated carbocycles. The van der Waals surface area contributed by atoms with Crippen molar-refractivity contribution in [2.75, 3.05) is 19.8 Å². The van der Waals surface area contributed by atoms with Gasteiger partial charge in [0.05, 0.1) is 19.3 Å². The molecule has 0 aromatic carbocycles. The molecule has 1 rings (SSSR count). The molecule has 0 aliphatic carbocycles. The van der Waals surface area contributed by atoms with Crippen LogP contribution >= 0.6 is 0 Å². The first-order chi connectivity index (χ1) is 5.83. The molecule has 12 heavy (non-hydrogen) atoms. The van der Waals surface area contributed by atoms with Gasteiger partial charge in [-0.15, -0.1) is 0 Å². The molecule has 72 valence electrons. The fourth-order valence-corrected chi connectivity index (χ4v) is 1.08. The predicted molar refractivity (Wildman–Crippen MR) is 46.1 cm³/mol. The quantitative estimate of drug-likeness (QED) is 0.609. The number of rotatable bonds is 6. The highest BCUT2D eigenvalue weighted by Gasteiger charge is 2.18. The lowest BCUT2D eigenvalue weighted by molar-refractivity contribution is -0.130. The summed E-state index contributed by atoms with van der Waals surface area (Å²) in [6.07, 6.45) is 2.82. The molecule has 1 heterocycles. The predicted octanol–water partition coefficient (Wildman–Crippen LogP) is 0.953. The number of aliphatic hydroxyl groups is 1. The zero-order chi connectivity index (χ0) is 8.81. The summed E-state index contributed by atoms with van der Waals surface area (Å²) < 4.78 is 10.4. The van der Waals surface area contributed by atoms with Crippen molar-refractivity contribution in [3.63, 3.8) is 0 Å². The van der Waals surface area contributed by atoms with Crippen LogP contribution in [0.3, 0.4) is 0 Å². The summed E-state index contributed by atoms with van der Waals surface area (Å²) in [6, 6.07) is 0. The highest BCUT2D eigenvalue weighted by atomic mass is 16.6. The van der Waals surface area contributed by atoms with Crippen molar-refractivity contribution in [2.24, 2.45) is 0 Å². The molecule has 0 bridgehead atoms. The monoisotopic (exact) mass is 174 g/mol. The van der Waals surface area contributed by atoms with Crippen LogP contribution in [-0.4, -0.2) is 37.1 Å². The second-order valence-corrected chi connectivity index (χ2v) is 3.23. The topological polar surface area (TPSA) is 38.7 Å². The van der Waals surface area contributed by atoms with Gasteiger partial charge in [0.1, 0.15) is 6.10 Å². The molecule has 1 fully saturated rings. The first-order valence-corrected chi connectivity index (χ1v) is 4.70. The first kappa shape index (κ1) is 9.96. The van der Waals surface area contributed by atoms with Gasteiger partial charge in [0, 0.05) is 6.61 Å². The number of ether oxygens (including phenoxy) is 2. The van der Waals surface area contributed by atoms with Crippen molar-refractivity contribution in [1.29, 1.82) is 0 Å². The SMILES string of the molecule is CCC(O)CCCOC1COC1. The van der Waals surface area contributed by atoms with Crippen LogP contribution in [0.4, 0.5) is 0 Å². The van der Waals surface area contributed by atoms with E-state index >= 15 is 0 Å². The van der Waals surface area contributed by atoms with Gasteiger partial charge in [-0.1, -0.05) is 6.92 Å². The molecule has 0 amide bonds. The summed E-state index contributed by atoms with van der Waals surface area (Å²) >= 11 is 0. The van der Waals surface area contributed by atoms with Gasteiger partial charge in [-0.25, -0.2) is 0 Å². The van der Waals surface area contributed by atoms with Crippen LogP contribution in [0.25, 0.3) is 0 Å². The van der Waals surface area contributed by atoms with E-state index in [2.05, 4.69) is 0 Å². The Hall–Kier alpha value is -0.120. The minimum atomic E-state index is -0.147. The van der Waals surface area contributed by atoms with E-state index in [-0.39, 0.29) is 6.10 Å². The minimum absolute atomic E-state index is 0.147. The zero-order valence-electron chi connectivity index (χ0n) is 7.66. The first-order valence-electron chi connectivity index (χ1n) is 4.70. The van der Waals surface area contributed by atoms with Crippen LogP contribution in [-0.2, 0) is 9.47 Å². The van der Waals surface area contributed by atoms with E-state index in [1.165, 1.54) is 0 Å². The maximum Gasteiger partial charge on any atom is 0.104 e. The standard InChI is InChI=1S/C9H18O3/c1-2-8(10)4-3-5-12-9-6-11-7-9/h8-10H,2-7H2,1H3. The maximum absolute atomic E-state index is 9.21. The fraction of sp³-hybridized carbons (Fsp3) is 1.00. The Labute approximate surface area is 73.7 Å². The Kier molecular flexibility index (Phi) is 4.58. The third-order valence-electron chi connectivity index (χ3n) is 2.11. The second-order valence-electron chi connectivity index (χ2n) is 3.23. The van der Waals surface area contributed by atoms with Gasteiger partial charge in [0.15, 0.2) is 0 Å². The van der Waals surface area contributed by atoms with Crippen LogP contribution in [0, 0.1) is 0 Å². The van der Waals surface area contributed by atoms with Crippen molar-refractivity contribution in [3.05, 3.63) is 0 Å². The van der Waals surface area contributed by atoms with Gasteiger partial charge in [0.2, 0.25) is 0 Å². The molecular weight excluding hydrogens is 156 g/mol. The Balaban J connectivity index is 1.82. The average molecular weight is 174 g/mol. The van der Waals surface area contributed by atoms with E-state index in [0.29, 0.717) is 6.10 Å². The molecule has 0 spiro atoms. The molecule has 1 aliphatic heterocycles. The van der Waals surface area contributed by atoms with Crippen molar-refractivity contribution in [2.45, 2.75) is 38.4 Å². The van der Waals surface area contributed by atoms with Gasteiger partial charge < -0.3 is 14.6 Å². The van der Waals surface area contributed by atoms with Crippen molar-refractivity contribution in [3.8, 4) is 0 Å². The van der Waals surface area contributed by atoms with Crippen LogP contribution in [0.1, 0.15) is 26.2 Å². The molecule has 0 radical (unpaired) electrons. The van der Waals surface area contributed by atoms with E-state index < -0.39 is 0 Å². The van der Waals surface area contributed by atoms with Crippen molar-refractivity contribution < 1.29 is 14.6 Å². The van der Waals surface area contributed by atoms with E-state index in [1.807, 2.05) is 6.92 Å². The number of hydrogen-bond donors (Lipinski definition) is 1. The Bertz CT molecular complexity index is 106. The van der Waals surface area contributed by atoms with Crippen molar-refractivity contribution in [1.82, 2.24) is 0 Å². The summed E-state index contributed by atoms with van der Waals surface area (Å²) in [7, 11) is 0. The Morgan fingerprint density at radius 3 is 2.83 bits per heavy atom. The highest BCUT2D eigenvalue weighted by Crippen LogP contribution is 2.07. The molecule has 1 saturated heterocycles. The van der Waals surface area contributed by atoms with Gasteiger partial charge in [-0.2, -0.15) is 0 Å². The maximum atomic E-state index is 9.21. The van der Waals surface area contributed by atoms with Crippen LogP contribution in [0.15, 0.2) is 0 Å². The molecule has 3 heteroatoms. The highest BCUT2D eigenvalue weighted by molar-refractivity contribution is 4.64. The Morgan fingerprint density at radius 2 is 2.33 bits per heavy atom. The summed E-state index contributed by atoms with van der Waals surface area (Å²) in [4.78, 5) is 0. The molecular formula is C9H18O3. The van der Waals surface area contributed by atoms with E-state index in [1.54, 1.807) is 0 Å². The van der Waals surface area contributed by atoms with Crippen LogP contribution in [0.2, 0.25) is 0 Å². The van der Waals surface area contributed by atoms with E-state index in [0.717, 1.165) is 39.1 Å². The normalized spacial score (nSPS) is 20.5. The number of hydrogen-bond acceptors (Lipinski definition) is 3. The van der Waals surface area contributed by atoms with Crippen LogP contribution in [0.5, 0.6) is 0 Å². The molecule has 1 atom stereocenters. The summed E-state index contributed by atoms with van der Waals surface area (Å²) in [5, 5.41) is 9.21. The molecule has 1 N–H and O–H groups in total. The van der Waals surface area contributed by atoms with Crippen molar-refractivity contribution >= 4 is 0 Å². The lowest BCUT2D eigenvalue weighted by atomic mass is 10.1. The smallest absolute Gasteiger partial charge is 0.104 e. The third kappa shape index (κ3) is 3.52.